The smallest absolute Gasteiger partial charge is 0.229 e. The second kappa shape index (κ2) is 6.55. The topological polar surface area (TPSA) is 42.0 Å². The number of hydrogen-bond acceptors (Lipinski definition) is 4. The van der Waals surface area contributed by atoms with Crippen molar-refractivity contribution >= 4 is 44.5 Å². The van der Waals surface area contributed by atoms with Gasteiger partial charge in [0.2, 0.25) is 5.91 Å². The third-order valence-electron chi connectivity index (χ3n) is 3.62. The summed E-state index contributed by atoms with van der Waals surface area (Å²) in [4.78, 5) is 17.8. The van der Waals surface area contributed by atoms with Gasteiger partial charge in [-0.3, -0.25) is 4.79 Å². The van der Waals surface area contributed by atoms with Crippen LogP contribution in [0, 0.1) is 0 Å². The molecule has 3 nitrogen and oxygen atoms in total. The van der Waals surface area contributed by atoms with Crippen LogP contribution in [0.15, 0.2) is 66.0 Å². The molecule has 0 aliphatic carbocycles. The summed E-state index contributed by atoms with van der Waals surface area (Å²) in [5.74, 6) is 0.00480. The zero-order chi connectivity index (χ0) is 16.4. The average Bonchev–Trinajstić information content (AvgIpc) is 3.24. The van der Waals surface area contributed by atoms with Crippen LogP contribution < -0.4 is 5.32 Å². The molecule has 0 saturated heterocycles. The number of fused-ring (bicyclic) bond motifs is 1. The molecule has 0 aliphatic rings. The molecule has 1 N–H and O–H groups in total. The minimum absolute atomic E-state index is 0.00480. The summed E-state index contributed by atoms with van der Waals surface area (Å²) in [6, 6.07) is 19.9. The van der Waals surface area contributed by atoms with Crippen molar-refractivity contribution < 1.29 is 4.79 Å². The number of aromatic nitrogens is 1. The summed E-state index contributed by atoms with van der Waals surface area (Å²) in [5.41, 5.74) is 2.89. The zero-order valence-electron chi connectivity index (χ0n) is 12.7. The maximum Gasteiger partial charge on any atom is 0.229 e. The molecule has 4 aromatic rings. The highest BCUT2D eigenvalue weighted by Gasteiger charge is 2.08. The molecule has 0 aliphatic heterocycles. The Morgan fingerprint density at radius 2 is 1.83 bits per heavy atom. The predicted octanol–water partition coefficient (Wildman–Crippen LogP) is 5.21. The molecule has 0 atom stereocenters. The molecule has 0 radical (unpaired) electrons. The fourth-order valence-corrected chi connectivity index (χ4v) is 4.14. The monoisotopic (exact) mass is 350 g/mol. The van der Waals surface area contributed by atoms with Crippen molar-refractivity contribution in [1.82, 2.24) is 4.98 Å². The number of carbonyl (C=O) groups is 1. The summed E-state index contributed by atoms with van der Waals surface area (Å²) >= 11 is 3.27. The Kier molecular flexibility index (Phi) is 4.11. The Bertz CT molecular complexity index is 939. The molecule has 4 rings (SSSR count). The lowest BCUT2D eigenvalue weighted by Crippen LogP contribution is -2.13. The van der Waals surface area contributed by atoms with Gasteiger partial charge >= 0.3 is 0 Å². The van der Waals surface area contributed by atoms with E-state index < -0.39 is 0 Å². The van der Waals surface area contributed by atoms with Crippen LogP contribution in [0.1, 0.15) is 4.88 Å². The summed E-state index contributed by atoms with van der Waals surface area (Å²) in [6.07, 6.45) is 0.414. The van der Waals surface area contributed by atoms with Gasteiger partial charge in [-0.25, -0.2) is 4.98 Å². The Balaban J connectivity index is 1.49. The molecule has 2 aromatic heterocycles. The van der Waals surface area contributed by atoms with E-state index in [1.54, 1.807) is 22.7 Å². The number of rotatable bonds is 4. The van der Waals surface area contributed by atoms with Crippen molar-refractivity contribution in [1.29, 1.82) is 0 Å². The van der Waals surface area contributed by atoms with Gasteiger partial charge in [0.05, 0.1) is 16.6 Å². The number of nitrogens with zero attached hydrogens (tertiary/aromatic N) is 1. The standard InChI is InChI=1S/C19H14N2OS2/c22-18(12-15-4-3-11-23-15)20-14-9-7-13(8-10-14)19-21-16-5-1-2-6-17(16)24-19/h1-11H,12H2,(H,20,22). The second-order valence-corrected chi connectivity index (χ2v) is 7.43. The number of carbonyl (C=O) groups excluding carboxylic acids is 1. The number of hydrogen-bond donors (Lipinski definition) is 1. The van der Waals surface area contributed by atoms with Crippen molar-refractivity contribution in [2.24, 2.45) is 0 Å². The molecule has 24 heavy (non-hydrogen) atoms. The van der Waals surface area contributed by atoms with Crippen molar-refractivity contribution in [3.63, 3.8) is 0 Å². The van der Waals surface area contributed by atoms with E-state index in [0.717, 1.165) is 26.7 Å². The second-order valence-electron chi connectivity index (χ2n) is 5.37. The molecular formula is C19H14N2OS2. The third-order valence-corrected chi connectivity index (χ3v) is 5.59. The van der Waals surface area contributed by atoms with E-state index in [-0.39, 0.29) is 5.91 Å². The minimum Gasteiger partial charge on any atom is -0.326 e. The molecule has 2 heterocycles. The fraction of sp³-hybridized carbons (Fsp3) is 0.0526. The number of thiazole rings is 1. The quantitative estimate of drug-likeness (QED) is 0.549. The molecule has 1 amide bonds. The normalized spacial score (nSPS) is 10.8. The molecule has 0 spiro atoms. The molecule has 0 unspecified atom stereocenters. The van der Waals surface area contributed by atoms with E-state index in [2.05, 4.69) is 16.4 Å². The fourth-order valence-electron chi connectivity index (χ4n) is 2.47. The highest BCUT2D eigenvalue weighted by molar-refractivity contribution is 7.21. The predicted molar refractivity (Wildman–Crippen MR) is 102 cm³/mol. The summed E-state index contributed by atoms with van der Waals surface area (Å²) in [6.45, 7) is 0. The van der Waals surface area contributed by atoms with Gasteiger partial charge in [0, 0.05) is 16.1 Å². The SMILES string of the molecule is O=C(Cc1cccs1)Nc1ccc(-c2nc3ccccc3s2)cc1. The molecule has 2 aromatic carbocycles. The van der Waals surface area contributed by atoms with Crippen LogP contribution >= 0.6 is 22.7 Å². The molecule has 5 heteroatoms. The number of benzene rings is 2. The lowest BCUT2D eigenvalue weighted by molar-refractivity contribution is -0.115. The molecule has 0 fully saturated rings. The first-order valence-corrected chi connectivity index (χ1v) is 9.26. The maximum absolute atomic E-state index is 12.0. The van der Waals surface area contributed by atoms with Gasteiger partial charge < -0.3 is 5.32 Å². The number of amides is 1. The van der Waals surface area contributed by atoms with Gasteiger partial charge in [0.15, 0.2) is 0 Å². The van der Waals surface area contributed by atoms with Crippen LogP contribution in [0.5, 0.6) is 0 Å². The highest BCUT2D eigenvalue weighted by atomic mass is 32.1. The van der Waals surface area contributed by atoms with Crippen LogP contribution in [0.2, 0.25) is 0 Å². The van der Waals surface area contributed by atoms with E-state index in [1.165, 1.54) is 4.70 Å². The Hall–Kier alpha value is -2.50. The Labute approximate surface area is 147 Å². The summed E-state index contributed by atoms with van der Waals surface area (Å²) in [7, 11) is 0. The first-order chi connectivity index (χ1) is 11.8. The third kappa shape index (κ3) is 3.22. The van der Waals surface area contributed by atoms with Crippen molar-refractivity contribution in [3.05, 3.63) is 70.9 Å². The Morgan fingerprint density at radius 1 is 1.00 bits per heavy atom. The number of nitrogens with one attached hydrogen (secondary N) is 1. The number of para-hydroxylation sites is 1. The van der Waals surface area contributed by atoms with Crippen LogP contribution in [0.3, 0.4) is 0 Å². The van der Waals surface area contributed by atoms with Gasteiger partial charge in [-0.15, -0.1) is 22.7 Å². The van der Waals surface area contributed by atoms with E-state index >= 15 is 0 Å². The van der Waals surface area contributed by atoms with E-state index in [9.17, 15) is 4.79 Å². The van der Waals surface area contributed by atoms with Gasteiger partial charge in [0.1, 0.15) is 5.01 Å². The molecule has 0 saturated carbocycles. The van der Waals surface area contributed by atoms with Crippen molar-refractivity contribution in [3.8, 4) is 10.6 Å². The van der Waals surface area contributed by atoms with Crippen LogP contribution in [0.25, 0.3) is 20.8 Å². The van der Waals surface area contributed by atoms with Crippen molar-refractivity contribution in [2.75, 3.05) is 5.32 Å². The maximum atomic E-state index is 12.0. The molecule has 118 valence electrons. The van der Waals surface area contributed by atoms with Crippen molar-refractivity contribution in [2.45, 2.75) is 6.42 Å². The van der Waals surface area contributed by atoms with Gasteiger partial charge in [-0.2, -0.15) is 0 Å². The number of thiophene rings is 1. The van der Waals surface area contributed by atoms with Crippen LogP contribution in [-0.2, 0) is 11.2 Å². The van der Waals surface area contributed by atoms with Crippen LogP contribution in [0.4, 0.5) is 5.69 Å². The molecule has 0 bridgehead atoms. The largest absolute Gasteiger partial charge is 0.326 e. The zero-order valence-corrected chi connectivity index (χ0v) is 14.4. The van der Waals surface area contributed by atoms with E-state index in [4.69, 9.17) is 0 Å². The van der Waals surface area contributed by atoms with E-state index in [1.807, 2.05) is 60.0 Å². The first-order valence-electron chi connectivity index (χ1n) is 7.56. The molecular weight excluding hydrogens is 336 g/mol. The average molecular weight is 350 g/mol. The summed E-state index contributed by atoms with van der Waals surface area (Å²) < 4.78 is 1.18. The Morgan fingerprint density at radius 3 is 2.58 bits per heavy atom. The number of anilines is 1. The first kappa shape index (κ1) is 15.1. The lowest BCUT2D eigenvalue weighted by Gasteiger charge is -2.05. The van der Waals surface area contributed by atoms with Crippen LogP contribution in [-0.4, -0.2) is 10.9 Å². The van der Waals surface area contributed by atoms with Gasteiger partial charge in [0.25, 0.3) is 0 Å². The van der Waals surface area contributed by atoms with Gasteiger partial charge in [-0.1, -0.05) is 18.2 Å². The minimum atomic E-state index is 0.00480. The van der Waals surface area contributed by atoms with Gasteiger partial charge in [-0.05, 0) is 47.8 Å². The lowest BCUT2D eigenvalue weighted by atomic mass is 10.2. The van der Waals surface area contributed by atoms with E-state index in [0.29, 0.717) is 6.42 Å². The summed E-state index contributed by atoms with van der Waals surface area (Å²) in [5, 5.41) is 5.91. The highest BCUT2D eigenvalue weighted by Crippen LogP contribution is 2.30.